The van der Waals surface area contributed by atoms with Gasteiger partial charge in [0.25, 0.3) is 0 Å². The molecular formula is C15H28N2O2. The van der Waals surface area contributed by atoms with E-state index in [0.717, 1.165) is 25.4 Å². The fourth-order valence-corrected chi connectivity index (χ4v) is 3.41. The Hall–Kier alpha value is -0.610. The molecule has 0 spiro atoms. The summed E-state index contributed by atoms with van der Waals surface area (Å²) in [6, 6.07) is 1.52. The molecule has 2 saturated heterocycles. The summed E-state index contributed by atoms with van der Waals surface area (Å²) in [5, 5.41) is 3.71. The number of esters is 1. The summed E-state index contributed by atoms with van der Waals surface area (Å²) in [4.78, 5) is 13.8. The van der Waals surface area contributed by atoms with Crippen LogP contribution >= 0.6 is 0 Å². The molecule has 0 bridgehead atoms. The van der Waals surface area contributed by atoms with Gasteiger partial charge in [-0.15, -0.1) is 0 Å². The van der Waals surface area contributed by atoms with E-state index >= 15 is 0 Å². The van der Waals surface area contributed by atoms with Crippen LogP contribution in [0.15, 0.2) is 0 Å². The van der Waals surface area contributed by atoms with Crippen molar-refractivity contribution in [2.45, 2.75) is 64.0 Å². The lowest BCUT2D eigenvalue weighted by Gasteiger charge is -2.21. The van der Waals surface area contributed by atoms with E-state index in [2.05, 4.69) is 10.2 Å². The van der Waals surface area contributed by atoms with Crippen LogP contribution in [-0.4, -0.2) is 49.2 Å². The summed E-state index contributed by atoms with van der Waals surface area (Å²) in [7, 11) is 0. The van der Waals surface area contributed by atoms with E-state index in [9.17, 15) is 4.79 Å². The minimum absolute atomic E-state index is 0.0483. The Morgan fingerprint density at radius 2 is 2.16 bits per heavy atom. The zero-order valence-electron chi connectivity index (χ0n) is 12.2. The second-order valence-electron chi connectivity index (χ2n) is 5.71. The Balaban J connectivity index is 1.47. The minimum Gasteiger partial charge on any atom is -0.466 e. The Morgan fingerprint density at radius 3 is 3.00 bits per heavy atom. The molecule has 0 saturated carbocycles. The number of hydrogen-bond acceptors (Lipinski definition) is 4. The van der Waals surface area contributed by atoms with E-state index < -0.39 is 0 Å². The molecule has 0 aromatic heterocycles. The van der Waals surface area contributed by atoms with E-state index in [-0.39, 0.29) is 5.97 Å². The topological polar surface area (TPSA) is 41.6 Å². The molecule has 0 aromatic rings. The van der Waals surface area contributed by atoms with Crippen molar-refractivity contribution in [2.24, 2.45) is 0 Å². The number of nitrogens with zero attached hydrogens (tertiary/aromatic N) is 1. The molecule has 2 heterocycles. The number of rotatable bonds is 8. The summed E-state index contributed by atoms with van der Waals surface area (Å²) in [5.41, 5.74) is 0. The number of hydrogen-bond donors (Lipinski definition) is 1. The van der Waals surface area contributed by atoms with Crippen LogP contribution in [0.2, 0.25) is 0 Å². The highest BCUT2D eigenvalue weighted by atomic mass is 16.5. The molecule has 0 radical (unpaired) electrons. The first kappa shape index (κ1) is 14.8. The molecule has 2 aliphatic heterocycles. The third kappa shape index (κ3) is 4.46. The highest BCUT2D eigenvalue weighted by Crippen LogP contribution is 2.27. The van der Waals surface area contributed by atoms with Crippen LogP contribution in [0.3, 0.4) is 0 Å². The molecule has 2 rings (SSSR count). The van der Waals surface area contributed by atoms with Gasteiger partial charge in [-0.05, 0) is 52.1 Å². The van der Waals surface area contributed by atoms with Crippen molar-refractivity contribution >= 4 is 5.97 Å². The van der Waals surface area contributed by atoms with Gasteiger partial charge in [0, 0.05) is 25.0 Å². The fraction of sp³-hybridized carbons (Fsp3) is 0.933. The summed E-state index contributed by atoms with van der Waals surface area (Å²) < 4.78 is 4.92. The number of carbonyl (C=O) groups is 1. The average molecular weight is 268 g/mol. The van der Waals surface area contributed by atoms with Crippen molar-refractivity contribution in [3.63, 3.8) is 0 Å². The van der Waals surface area contributed by atoms with Gasteiger partial charge in [0.05, 0.1) is 6.61 Å². The first-order chi connectivity index (χ1) is 9.31. The average Bonchev–Trinajstić information content (AvgIpc) is 2.97. The maximum absolute atomic E-state index is 11.2. The SMILES string of the molecule is CCOC(=O)CCCCCNC1CCN2CCCC12. The smallest absolute Gasteiger partial charge is 0.305 e. The maximum Gasteiger partial charge on any atom is 0.305 e. The van der Waals surface area contributed by atoms with E-state index in [1.165, 1.54) is 38.8 Å². The second kappa shape index (κ2) is 7.85. The lowest BCUT2D eigenvalue weighted by molar-refractivity contribution is -0.143. The number of unbranched alkanes of at least 4 members (excludes halogenated alkanes) is 2. The van der Waals surface area contributed by atoms with Gasteiger partial charge in [0.1, 0.15) is 0 Å². The number of nitrogens with one attached hydrogen (secondary N) is 1. The molecule has 4 heteroatoms. The Morgan fingerprint density at radius 1 is 1.26 bits per heavy atom. The molecule has 2 fully saturated rings. The van der Waals surface area contributed by atoms with Crippen LogP contribution in [0.1, 0.15) is 51.9 Å². The van der Waals surface area contributed by atoms with Gasteiger partial charge in [0.2, 0.25) is 0 Å². The third-order valence-corrected chi connectivity index (χ3v) is 4.38. The third-order valence-electron chi connectivity index (χ3n) is 4.38. The van der Waals surface area contributed by atoms with Gasteiger partial charge in [-0.2, -0.15) is 0 Å². The molecule has 0 aliphatic carbocycles. The lowest BCUT2D eigenvalue weighted by Crippen LogP contribution is -2.39. The molecule has 19 heavy (non-hydrogen) atoms. The summed E-state index contributed by atoms with van der Waals surface area (Å²) in [5.74, 6) is -0.0483. The highest BCUT2D eigenvalue weighted by Gasteiger charge is 2.36. The predicted octanol–water partition coefficient (Wildman–Crippen LogP) is 1.94. The number of ether oxygens (including phenoxy) is 1. The predicted molar refractivity (Wildman–Crippen MR) is 76.1 cm³/mol. The molecule has 2 aliphatic rings. The second-order valence-corrected chi connectivity index (χ2v) is 5.71. The molecule has 4 nitrogen and oxygen atoms in total. The van der Waals surface area contributed by atoms with Crippen LogP contribution < -0.4 is 5.32 Å². The largest absolute Gasteiger partial charge is 0.466 e. The van der Waals surface area contributed by atoms with E-state index in [1.54, 1.807) is 0 Å². The Kier molecular flexibility index (Phi) is 6.11. The first-order valence-corrected chi connectivity index (χ1v) is 7.94. The Bertz CT molecular complexity index is 283. The molecular weight excluding hydrogens is 240 g/mol. The summed E-state index contributed by atoms with van der Waals surface area (Å²) in [6.45, 7) is 6.04. The number of carbonyl (C=O) groups excluding carboxylic acids is 1. The zero-order chi connectivity index (χ0) is 13.5. The standard InChI is InChI=1S/C15H28N2O2/c1-2-19-15(18)8-4-3-5-10-16-13-9-12-17-11-6-7-14(13)17/h13-14,16H,2-12H2,1H3. The molecule has 1 N–H and O–H groups in total. The minimum atomic E-state index is -0.0483. The van der Waals surface area contributed by atoms with Gasteiger partial charge < -0.3 is 10.1 Å². The van der Waals surface area contributed by atoms with Gasteiger partial charge in [-0.1, -0.05) is 6.42 Å². The van der Waals surface area contributed by atoms with Gasteiger partial charge in [0.15, 0.2) is 0 Å². The number of fused-ring (bicyclic) bond motifs is 1. The van der Waals surface area contributed by atoms with E-state index in [1.807, 2.05) is 6.92 Å². The van der Waals surface area contributed by atoms with Crippen LogP contribution in [0, 0.1) is 0 Å². The van der Waals surface area contributed by atoms with Crippen molar-refractivity contribution in [1.82, 2.24) is 10.2 Å². The van der Waals surface area contributed by atoms with Crippen molar-refractivity contribution in [2.75, 3.05) is 26.2 Å². The monoisotopic (exact) mass is 268 g/mol. The molecule has 0 amide bonds. The summed E-state index contributed by atoms with van der Waals surface area (Å²) >= 11 is 0. The molecule has 2 unspecified atom stereocenters. The van der Waals surface area contributed by atoms with Gasteiger partial charge >= 0.3 is 5.97 Å². The van der Waals surface area contributed by atoms with E-state index in [4.69, 9.17) is 4.74 Å². The summed E-state index contributed by atoms with van der Waals surface area (Å²) in [6.07, 6.45) is 7.89. The zero-order valence-corrected chi connectivity index (χ0v) is 12.2. The van der Waals surface area contributed by atoms with Crippen molar-refractivity contribution < 1.29 is 9.53 Å². The molecule has 0 aromatic carbocycles. The van der Waals surface area contributed by atoms with Crippen LogP contribution in [0.25, 0.3) is 0 Å². The quantitative estimate of drug-likeness (QED) is 0.539. The van der Waals surface area contributed by atoms with Gasteiger partial charge in [-0.25, -0.2) is 0 Å². The fourth-order valence-electron chi connectivity index (χ4n) is 3.41. The first-order valence-electron chi connectivity index (χ1n) is 7.94. The van der Waals surface area contributed by atoms with Crippen molar-refractivity contribution in [3.05, 3.63) is 0 Å². The van der Waals surface area contributed by atoms with E-state index in [0.29, 0.717) is 19.1 Å². The highest BCUT2D eigenvalue weighted by molar-refractivity contribution is 5.69. The molecule has 110 valence electrons. The van der Waals surface area contributed by atoms with Crippen LogP contribution in [0.5, 0.6) is 0 Å². The lowest BCUT2D eigenvalue weighted by atomic mass is 10.1. The maximum atomic E-state index is 11.2. The van der Waals surface area contributed by atoms with Crippen molar-refractivity contribution in [3.8, 4) is 0 Å². The van der Waals surface area contributed by atoms with Crippen molar-refractivity contribution in [1.29, 1.82) is 0 Å². The molecule has 2 atom stereocenters. The normalized spacial score (nSPS) is 26.6. The Labute approximate surface area is 116 Å². The van der Waals surface area contributed by atoms with Crippen LogP contribution in [0.4, 0.5) is 0 Å². The van der Waals surface area contributed by atoms with Crippen LogP contribution in [-0.2, 0) is 9.53 Å². The van der Waals surface area contributed by atoms with Gasteiger partial charge in [-0.3, -0.25) is 9.69 Å².